The number of nitrogens with one attached hydrogen (secondary N) is 2. The van der Waals surface area contributed by atoms with Crippen LogP contribution < -0.4 is 21.3 Å². The Balaban J connectivity index is 1.58. The molecule has 0 aromatic heterocycles. The van der Waals surface area contributed by atoms with Crippen molar-refractivity contribution in [2.45, 2.75) is 19.0 Å². The summed E-state index contributed by atoms with van der Waals surface area (Å²) in [6.07, 6.45) is -2.30. The van der Waals surface area contributed by atoms with Crippen LogP contribution >= 0.6 is 0 Å². The largest absolute Gasteiger partial charge is 0.418 e. The zero-order chi connectivity index (χ0) is 22.2. The second kappa shape index (κ2) is 7.98. The highest BCUT2D eigenvalue weighted by Crippen LogP contribution is 2.40. The average Bonchev–Trinajstić information content (AvgIpc) is 3.06. The van der Waals surface area contributed by atoms with Crippen molar-refractivity contribution in [1.29, 1.82) is 0 Å². The number of hydrogen-bond acceptors (Lipinski definition) is 4. The van der Waals surface area contributed by atoms with Gasteiger partial charge in [0.05, 0.1) is 11.1 Å². The van der Waals surface area contributed by atoms with Crippen molar-refractivity contribution in [3.05, 3.63) is 59.8 Å². The summed E-state index contributed by atoms with van der Waals surface area (Å²) in [4.78, 5) is 25.1. The molecule has 2 aliphatic rings. The molecular formula is C22H21F3N4O2. The van der Waals surface area contributed by atoms with Crippen molar-refractivity contribution in [3.63, 3.8) is 0 Å². The van der Waals surface area contributed by atoms with E-state index in [1.807, 2.05) is 0 Å². The van der Waals surface area contributed by atoms with Crippen molar-refractivity contribution in [3.8, 4) is 0 Å². The second-order valence-electron chi connectivity index (χ2n) is 7.60. The van der Waals surface area contributed by atoms with E-state index in [0.717, 1.165) is 6.07 Å². The number of piperidine rings is 1. The van der Waals surface area contributed by atoms with Gasteiger partial charge in [-0.3, -0.25) is 9.59 Å². The van der Waals surface area contributed by atoms with Gasteiger partial charge in [-0.05, 0) is 37.1 Å². The van der Waals surface area contributed by atoms with Gasteiger partial charge in [0.1, 0.15) is 0 Å². The van der Waals surface area contributed by atoms with Crippen molar-refractivity contribution in [1.82, 2.24) is 0 Å². The van der Waals surface area contributed by atoms with E-state index < -0.39 is 17.6 Å². The van der Waals surface area contributed by atoms with Crippen LogP contribution in [0.2, 0.25) is 0 Å². The zero-order valence-electron chi connectivity index (χ0n) is 16.5. The first-order valence-corrected chi connectivity index (χ1v) is 9.87. The van der Waals surface area contributed by atoms with Crippen LogP contribution in [0.3, 0.4) is 0 Å². The quantitative estimate of drug-likeness (QED) is 0.644. The molecule has 0 saturated carbocycles. The van der Waals surface area contributed by atoms with Crippen LogP contribution in [-0.4, -0.2) is 24.9 Å². The third-order valence-electron chi connectivity index (χ3n) is 5.63. The van der Waals surface area contributed by atoms with Crippen molar-refractivity contribution in [2.24, 2.45) is 11.7 Å². The number of amides is 2. The van der Waals surface area contributed by atoms with Gasteiger partial charge in [-0.1, -0.05) is 18.2 Å². The Morgan fingerprint density at radius 1 is 1.16 bits per heavy atom. The molecule has 0 aliphatic carbocycles. The van der Waals surface area contributed by atoms with Gasteiger partial charge in [0.25, 0.3) is 5.91 Å². The molecule has 4 N–H and O–H groups in total. The van der Waals surface area contributed by atoms with E-state index in [1.54, 1.807) is 35.2 Å². The van der Waals surface area contributed by atoms with Crippen LogP contribution in [0.15, 0.2) is 48.7 Å². The molecule has 0 radical (unpaired) electrons. The van der Waals surface area contributed by atoms with Gasteiger partial charge in [0.15, 0.2) is 0 Å². The molecule has 4 rings (SSSR count). The van der Waals surface area contributed by atoms with Crippen LogP contribution in [0.1, 0.15) is 24.0 Å². The number of benzene rings is 2. The van der Waals surface area contributed by atoms with E-state index in [4.69, 9.17) is 5.73 Å². The number of carbonyl (C=O) groups is 2. The predicted octanol–water partition coefficient (Wildman–Crippen LogP) is 3.81. The molecule has 0 spiro atoms. The molecule has 0 bridgehead atoms. The molecule has 162 valence electrons. The van der Waals surface area contributed by atoms with Gasteiger partial charge in [0.2, 0.25) is 5.91 Å². The zero-order valence-corrected chi connectivity index (χ0v) is 16.5. The van der Waals surface area contributed by atoms with Crippen LogP contribution in [0.25, 0.3) is 5.57 Å². The minimum Gasteiger partial charge on any atom is -0.371 e. The van der Waals surface area contributed by atoms with Crippen LogP contribution in [0.5, 0.6) is 0 Å². The summed E-state index contributed by atoms with van der Waals surface area (Å²) in [7, 11) is 0. The van der Waals surface area contributed by atoms with Gasteiger partial charge in [0, 0.05) is 47.8 Å². The van der Waals surface area contributed by atoms with Crippen LogP contribution in [0, 0.1) is 5.92 Å². The highest BCUT2D eigenvalue weighted by atomic mass is 19.4. The number of hydrogen-bond donors (Lipinski definition) is 3. The lowest BCUT2D eigenvalue weighted by Crippen LogP contribution is -2.39. The number of para-hydroxylation sites is 1. The fraction of sp³-hybridized carbons (Fsp3) is 0.273. The Bertz CT molecular complexity index is 1060. The molecule has 1 saturated heterocycles. The van der Waals surface area contributed by atoms with Gasteiger partial charge in [-0.15, -0.1) is 0 Å². The Labute approximate surface area is 176 Å². The smallest absolute Gasteiger partial charge is 0.371 e. The summed E-state index contributed by atoms with van der Waals surface area (Å²) in [6.45, 7) is 0.648. The van der Waals surface area contributed by atoms with Gasteiger partial charge in [-0.25, -0.2) is 0 Å². The molecule has 31 heavy (non-hydrogen) atoms. The number of anilines is 3. The summed E-state index contributed by atoms with van der Waals surface area (Å²) in [5.41, 5.74) is 6.52. The number of fused-ring (bicyclic) bond motifs is 1. The molecule has 2 aromatic rings. The number of nitrogens with two attached hydrogens (primary N) is 1. The number of halogens is 3. The lowest BCUT2D eigenvalue weighted by atomic mass is 9.95. The Morgan fingerprint density at radius 3 is 2.55 bits per heavy atom. The maximum atomic E-state index is 13.8. The lowest BCUT2D eigenvalue weighted by molar-refractivity contribution is -0.137. The molecule has 2 amide bonds. The SMILES string of the molecule is NC(=O)C1CCN(c2ccc(NC=C3C(=O)Nc4ccccc43)cc2C(F)(F)F)CC1. The van der Waals surface area contributed by atoms with Gasteiger partial charge < -0.3 is 21.3 Å². The standard InChI is InChI=1S/C22H21F3N4O2/c23-22(24,25)17-11-14(5-6-19(17)29-9-7-13(8-10-29)20(26)30)27-12-16-15-3-1-2-4-18(15)28-21(16)31/h1-6,11-13,27H,7-10H2,(H2,26,30)(H,28,31). The summed E-state index contributed by atoms with van der Waals surface area (Å²) in [6, 6.07) is 11.1. The topological polar surface area (TPSA) is 87.5 Å². The Hall–Kier alpha value is -3.49. The van der Waals surface area contributed by atoms with Gasteiger partial charge >= 0.3 is 6.18 Å². The van der Waals surface area contributed by atoms with Crippen LogP contribution in [-0.2, 0) is 15.8 Å². The normalized spacial score (nSPS) is 18.1. The summed E-state index contributed by atoms with van der Waals surface area (Å²) in [5, 5.41) is 5.54. The summed E-state index contributed by atoms with van der Waals surface area (Å²) < 4.78 is 41.3. The third-order valence-corrected chi connectivity index (χ3v) is 5.63. The number of carbonyl (C=O) groups excluding carboxylic acids is 2. The summed E-state index contributed by atoms with van der Waals surface area (Å²) >= 11 is 0. The fourth-order valence-corrected chi connectivity index (χ4v) is 3.97. The van der Waals surface area contributed by atoms with Gasteiger partial charge in [-0.2, -0.15) is 13.2 Å². The minimum absolute atomic E-state index is 0.0672. The molecule has 6 nitrogen and oxygen atoms in total. The number of nitrogens with zero attached hydrogens (tertiary/aromatic N) is 1. The van der Waals surface area contributed by atoms with E-state index in [1.165, 1.54) is 12.3 Å². The van der Waals surface area contributed by atoms with E-state index in [2.05, 4.69) is 10.6 Å². The van der Waals surface area contributed by atoms with Crippen LogP contribution in [0.4, 0.5) is 30.2 Å². The maximum Gasteiger partial charge on any atom is 0.418 e. The Morgan fingerprint density at radius 2 is 1.87 bits per heavy atom. The number of alkyl halides is 3. The van der Waals surface area contributed by atoms with E-state index >= 15 is 0 Å². The van der Waals surface area contributed by atoms with E-state index in [-0.39, 0.29) is 23.2 Å². The molecule has 0 atom stereocenters. The monoisotopic (exact) mass is 430 g/mol. The molecule has 9 heteroatoms. The van der Waals surface area contributed by atoms with E-state index in [9.17, 15) is 22.8 Å². The third kappa shape index (κ3) is 4.21. The number of primary amides is 1. The van der Waals surface area contributed by atoms with Crippen molar-refractivity contribution < 1.29 is 22.8 Å². The molecule has 1 fully saturated rings. The highest BCUT2D eigenvalue weighted by Gasteiger charge is 2.36. The average molecular weight is 430 g/mol. The van der Waals surface area contributed by atoms with Crippen molar-refractivity contribution in [2.75, 3.05) is 28.6 Å². The minimum atomic E-state index is -4.56. The Kier molecular flexibility index (Phi) is 5.34. The fourth-order valence-electron chi connectivity index (χ4n) is 3.97. The predicted molar refractivity (Wildman–Crippen MR) is 112 cm³/mol. The maximum absolute atomic E-state index is 13.8. The molecule has 0 unspecified atom stereocenters. The summed E-state index contributed by atoms with van der Waals surface area (Å²) in [5.74, 6) is -1.04. The lowest BCUT2D eigenvalue weighted by Gasteiger charge is -2.34. The van der Waals surface area contributed by atoms with Crippen molar-refractivity contribution >= 4 is 34.4 Å². The molecule has 2 aromatic carbocycles. The highest BCUT2D eigenvalue weighted by molar-refractivity contribution is 6.31. The molecule has 2 heterocycles. The first kappa shape index (κ1) is 20.8. The second-order valence-corrected chi connectivity index (χ2v) is 7.60. The first-order chi connectivity index (χ1) is 14.7. The molecule has 2 aliphatic heterocycles. The van der Waals surface area contributed by atoms with E-state index in [0.29, 0.717) is 42.8 Å². The first-order valence-electron chi connectivity index (χ1n) is 9.87. The number of rotatable bonds is 4. The molecular weight excluding hydrogens is 409 g/mol.